The minimum atomic E-state index is -5.06. The lowest BCUT2D eigenvalue weighted by Gasteiger charge is -2.40. The third-order valence-electron chi connectivity index (χ3n) is 7.26. The number of likely N-dealkylation sites (tertiary alicyclic amines) is 1. The molecule has 2 N–H and O–H groups in total. The van der Waals surface area contributed by atoms with Crippen LogP contribution in [0.1, 0.15) is 46.9 Å². The van der Waals surface area contributed by atoms with Crippen LogP contribution in [0.3, 0.4) is 0 Å². The van der Waals surface area contributed by atoms with Crippen LogP contribution < -0.4 is 15.1 Å². The van der Waals surface area contributed by atoms with Crippen LogP contribution in [-0.2, 0) is 19.7 Å². The zero-order valence-corrected chi connectivity index (χ0v) is 24.8. The fourth-order valence-electron chi connectivity index (χ4n) is 5.28. The van der Waals surface area contributed by atoms with Crippen molar-refractivity contribution >= 4 is 50.7 Å². The van der Waals surface area contributed by atoms with Crippen molar-refractivity contribution in [2.75, 3.05) is 42.1 Å². The second-order valence-corrected chi connectivity index (χ2v) is 12.9. The summed E-state index contributed by atoms with van der Waals surface area (Å²) in [4.78, 5) is 37.1. The van der Waals surface area contributed by atoms with Gasteiger partial charge in [-0.1, -0.05) is 11.6 Å². The first-order valence-corrected chi connectivity index (χ1v) is 15.7. The van der Waals surface area contributed by atoms with Gasteiger partial charge in [0.1, 0.15) is 5.82 Å². The fourth-order valence-corrected chi connectivity index (χ4v) is 6.03. The number of aryl methyl sites for hydroxylation is 1. The van der Waals surface area contributed by atoms with Gasteiger partial charge >= 0.3 is 12.1 Å². The first kappa shape index (κ1) is 30.8. The number of hydrogen-bond donors (Lipinski definition) is 2. The maximum atomic E-state index is 13.8. The van der Waals surface area contributed by atoms with Gasteiger partial charge in [-0.05, 0) is 44.4 Å². The van der Waals surface area contributed by atoms with Crippen LogP contribution in [-0.4, -0.2) is 78.4 Å². The summed E-state index contributed by atoms with van der Waals surface area (Å²) in [6, 6.07) is 5.84. The number of carbonyl (C=O) groups is 2. The molecule has 1 amide bonds. The third kappa shape index (κ3) is 6.96. The summed E-state index contributed by atoms with van der Waals surface area (Å²) in [6.07, 6.45) is 0.0493. The van der Waals surface area contributed by atoms with E-state index in [2.05, 4.69) is 15.0 Å². The van der Waals surface area contributed by atoms with Gasteiger partial charge in [-0.15, -0.1) is 0 Å². The SMILES string of the molecule is Cc1cn2nc([C@@H]3CCCCN3C(=O)c3cc(Cl)ccc3NS(C)(=O)=O)cc2nc1N1CC(CNOC(=O)C(F)(F)F)C1. The molecule has 2 aliphatic rings. The Morgan fingerprint density at radius 3 is 2.63 bits per heavy atom. The van der Waals surface area contributed by atoms with Gasteiger partial charge in [0.05, 0.1) is 29.2 Å². The number of aromatic nitrogens is 3. The van der Waals surface area contributed by atoms with E-state index in [1.54, 1.807) is 9.42 Å². The lowest BCUT2D eigenvalue weighted by molar-refractivity contribution is -0.207. The molecule has 0 saturated carbocycles. The third-order valence-corrected chi connectivity index (χ3v) is 8.09. The summed E-state index contributed by atoms with van der Waals surface area (Å²) in [5.74, 6) is -2.02. The number of carbonyl (C=O) groups excluding carboxylic acids is 2. The Kier molecular flexibility index (Phi) is 8.46. The van der Waals surface area contributed by atoms with Crippen molar-refractivity contribution in [3.63, 3.8) is 0 Å². The Morgan fingerprint density at radius 1 is 1.19 bits per heavy atom. The molecular formula is C26H29ClF3N7O5S. The predicted octanol–water partition coefficient (Wildman–Crippen LogP) is 3.48. The molecule has 4 heterocycles. The number of benzene rings is 1. The van der Waals surface area contributed by atoms with Crippen LogP contribution in [0, 0.1) is 12.8 Å². The molecule has 2 fully saturated rings. The van der Waals surface area contributed by atoms with Crippen LogP contribution >= 0.6 is 11.6 Å². The van der Waals surface area contributed by atoms with Crippen LogP contribution in [0.5, 0.6) is 0 Å². The quantitative estimate of drug-likeness (QED) is 0.353. The molecule has 12 nitrogen and oxygen atoms in total. The molecule has 5 rings (SSSR count). The lowest BCUT2D eigenvalue weighted by Crippen LogP contribution is -2.52. The number of sulfonamides is 1. The molecule has 43 heavy (non-hydrogen) atoms. The minimum absolute atomic E-state index is 0.0469. The van der Waals surface area contributed by atoms with Gasteiger partial charge in [0.15, 0.2) is 5.65 Å². The average Bonchev–Trinajstić information content (AvgIpc) is 3.31. The van der Waals surface area contributed by atoms with Gasteiger partial charge in [0.25, 0.3) is 5.91 Å². The fraction of sp³-hybridized carbons (Fsp3) is 0.462. The van der Waals surface area contributed by atoms with E-state index >= 15 is 0 Å². The molecule has 1 atom stereocenters. The van der Waals surface area contributed by atoms with E-state index < -0.39 is 22.2 Å². The number of halogens is 4. The van der Waals surface area contributed by atoms with Crippen molar-refractivity contribution in [3.8, 4) is 0 Å². The van der Waals surface area contributed by atoms with Gasteiger partial charge in [-0.25, -0.2) is 22.7 Å². The van der Waals surface area contributed by atoms with Gasteiger partial charge < -0.3 is 14.6 Å². The number of anilines is 2. The van der Waals surface area contributed by atoms with Crippen molar-refractivity contribution in [2.24, 2.45) is 5.92 Å². The van der Waals surface area contributed by atoms with E-state index in [-0.39, 0.29) is 35.7 Å². The predicted molar refractivity (Wildman–Crippen MR) is 151 cm³/mol. The highest BCUT2D eigenvalue weighted by atomic mass is 35.5. The van der Waals surface area contributed by atoms with Crippen LogP contribution in [0.2, 0.25) is 5.02 Å². The molecule has 0 spiro atoms. The number of fused-ring (bicyclic) bond motifs is 1. The normalized spacial score (nSPS) is 18.0. The maximum absolute atomic E-state index is 13.8. The molecule has 3 aromatic rings. The van der Waals surface area contributed by atoms with E-state index in [9.17, 15) is 31.2 Å². The summed E-state index contributed by atoms with van der Waals surface area (Å²) in [5, 5.41) is 5.01. The van der Waals surface area contributed by atoms with Gasteiger partial charge in [0, 0.05) is 54.9 Å². The highest BCUT2D eigenvalue weighted by Gasteiger charge is 2.42. The molecule has 2 aromatic heterocycles. The number of amides is 1. The number of nitrogens with zero attached hydrogens (tertiary/aromatic N) is 5. The highest BCUT2D eigenvalue weighted by molar-refractivity contribution is 7.92. The molecule has 17 heteroatoms. The highest BCUT2D eigenvalue weighted by Crippen LogP contribution is 2.35. The topological polar surface area (TPSA) is 138 Å². The number of piperidine rings is 1. The first-order valence-electron chi connectivity index (χ1n) is 13.4. The molecule has 1 aromatic carbocycles. The molecule has 232 valence electrons. The lowest BCUT2D eigenvalue weighted by atomic mass is 9.98. The second kappa shape index (κ2) is 11.8. The molecule has 0 aliphatic carbocycles. The largest absolute Gasteiger partial charge is 0.492 e. The van der Waals surface area contributed by atoms with Crippen molar-refractivity contribution in [1.29, 1.82) is 0 Å². The smallest absolute Gasteiger partial charge is 0.364 e. The average molecular weight is 644 g/mol. The molecule has 0 radical (unpaired) electrons. The van der Waals surface area contributed by atoms with Crippen molar-refractivity contribution < 1.29 is 36.0 Å². The molecule has 0 unspecified atom stereocenters. The van der Waals surface area contributed by atoms with E-state index in [0.29, 0.717) is 48.2 Å². The van der Waals surface area contributed by atoms with Crippen molar-refractivity contribution in [2.45, 2.75) is 38.4 Å². The first-order chi connectivity index (χ1) is 20.2. The number of hydroxylamine groups is 1. The van der Waals surface area contributed by atoms with Gasteiger partial charge in [0.2, 0.25) is 10.0 Å². The van der Waals surface area contributed by atoms with E-state index in [0.717, 1.165) is 24.7 Å². The monoisotopic (exact) mass is 643 g/mol. The number of hydrogen-bond acceptors (Lipinski definition) is 9. The standard InChI is InChI=1S/C26H29ClF3N7O5S/c1-15-12-37-22(32-23(15)35-13-16(14-35)11-31-42-25(39)26(28,29)30)10-20(33-37)21-5-3-4-8-36(21)24(38)18-9-17(27)6-7-19(18)34-43(2,40)41/h6-7,9-10,12,16,21,31,34H,3-5,8,11,13-14H2,1-2H3/t21-/m0/s1. The van der Waals surface area contributed by atoms with Gasteiger partial charge in [-0.3, -0.25) is 9.52 Å². The summed E-state index contributed by atoms with van der Waals surface area (Å²) >= 11 is 6.17. The van der Waals surface area contributed by atoms with Crippen molar-refractivity contribution in [3.05, 3.63) is 52.3 Å². The molecular weight excluding hydrogens is 615 g/mol. The van der Waals surface area contributed by atoms with E-state index in [1.165, 1.54) is 18.2 Å². The zero-order valence-electron chi connectivity index (χ0n) is 23.2. The Hall–Kier alpha value is -3.63. The van der Waals surface area contributed by atoms with Crippen LogP contribution in [0.15, 0.2) is 30.5 Å². The molecule has 2 aliphatic heterocycles. The number of rotatable bonds is 8. The Labute approximate surface area is 250 Å². The van der Waals surface area contributed by atoms with Crippen molar-refractivity contribution in [1.82, 2.24) is 25.0 Å². The zero-order chi connectivity index (χ0) is 31.1. The molecule has 0 bridgehead atoms. The number of nitrogens with one attached hydrogen (secondary N) is 2. The maximum Gasteiger partial charge on any atom is 0.492 e. The second-order valence-electron chi connectivity index (χ2n) is 10.7. The van der Waals surface area contributed by atoms with Crippen LogP contribution in [0.4, 0.5) is 24.7 Å². The summed E-state index contributed by atoms with van der Waals surface area (Å²) in [7, 11) is -3.65. The number of alkyl halides is 3. The van der Waals surface area contributed by atoms with E-state index in [4.69, 9.17) is 21.7 Å². The minimum Gasteiger partial charge on any atom is -0.364 e. The summed E-state index contributed by atoms with van der Waals surface area (Å²) in [5.41, 5.74) is 4.37. The summed E-state index contributed by atoms with van der Waals surface area (Å²) < 4.78 is 64.7. The van der Waals surface area contributed by atoms with Crippen LogP contribution in [0.25, 0.3) is 5.65 Å². The molecule has 2 saturated heterocycles. The Bertz CT molecular complexity index is 1660. The Morgan fingerprint density at radius 2 is 1.93 bits per heavy atom. The summed E-state index contributed by atoms with van der Waals surface area (Å²) in [6.45, 7) is 3.37. The van der Waals surface area contributed by atoms with E-state index in [1.807, 2.05) is 24.1 Å². The van der Waals surface area contributed by atoms with Gasteiger partial charge in [-0.2, -0.15) is 23.8 Å². The Balaban J connectivity index is 1.32.